The van der Waals surface area contributed by atoms with Gasteiger partial charge in [0.2, 0.25) is 0 Å². The van der Waals surface area contributed by atoms with E-state index in [-0.39, 0.29) is 6.03 Å². The van der Waals surface area contributed by atoms with Gasteiger partial charge in [-0.25, -0.2) is 9.59 Å². The molecule has 7 nitrogen and oxygen atoms in total. The largest absolute Gasteiger partial charge is 0.480 e. The number of aromatic amines is 1. The van der Waals surface area contributed by atoms with Crippen molar-refractivity contribution in [3.05, 3.63) is 17.5 Å². The summed E-state index contributed by atoms with van der Waals surface area (Å²) in [6, 6.07) is -1.03. The highest BCUT2D eigenvalue weighted by atomic mass is 16.4. The summed E-state index contributed by atoms with van der Waals surface area (Å²) in [5, 5.41) is 18.3. The Morgan fingerprint density at radius 2 is 2.44 bits per heavy atom. The third kappa shape index (κ3) is 2.44. The Labute approximate surface area is 104 Å². The van der Waals surface area contributed by atoms with Crippen LogP contribution in [0.4, 0.5) is 4.79 Å². The van der Waals surface area contributed by atoms with Gasteiger partial charge in [-0.05, 0) is 19.8 Å². The number of hydrogen-bond acceptors (Lipinski definition) is 3. The summed E-state index contributed by atoms with van der Waals surface area (Å²) in [7, 11) is 0. The molecule has 1 aliphatic rings. The maximum absolute atomic E-state index is 11.9. The maximum atomic E-state index is 11.9. The highest BCUT2D eigenvalue weighted by molar-refractivity contribution is 5.83. The van der Waals surface area contributed by atoms with Gasteiger partial charge in [-0.2, -0.15) is 5.10 Å². The number of nitrogens with one attached hydrogen (secondary N) is 2. The maximum Gasteiger partial charge on any atom is 0.326 e. The molecule has 2 rings (SSSR count). The van der Waals surface area contributed by atoms with Crippen LogP contribution in [0, 0.1) is 6.92 Å². The summed E-state index contributed by atoms with van der Waals surface area (Å²) in [6.07, 6.45) is 2.90. The Morgan fingerprint density at radius 1 is 1.67 bits per heavy atom. The van der Waals surface area contributed by atoms with Crippen LogP contribution in [-0.4, -0.2) is 44.8 Å². The molecule has 0 aliphatic carbocycles. The number of aliphatic carboxylic acids is 1. The van der Waals surface area contributed by atoms with Gasteiger partial charge in [-0.3, -0.25) is 5.10 Å². The topological polar surface area (TPSA) is 98.3 Å². The van der Waals surface area contributed by atoms with Crippen molar-refractivity contribution in [3.8, 4) is 0 Å². The van der Waals surface area contributed by atoms with Gasteiger partial charge in [-0.1, -0.05) is 0 Å². The molecular formula is C11H16N4O3. The molecular weight excluding hydrogens is 236 g/mol. The van der Waals surface area contributed by atoms with Gasteiger partial charge < -0.3 is 15.3 Å². The van der Waals surface area contributed by atoms with Crippen LogP contribution in [0.5, 0.6) is 0 Å². The number of carboxylic acids is 1. The molecule has 3 N–H and O–H groups in total. The molecule has 0 radical (unpaired) electrons. The second-order valence-electron chi connectivity index (χ2n) is 4.37. The first-order valence-corrected chi connectivity index (χ1v) is 5.85. The first-order chi connectivity index (χ1) is 8.59. The average Bonchev–Trinajstić information content (AvgIpc) is 2.94. The molecule has 7 heteroatoms. The number of aryl methyl sites for hydroxylation is 1. The number of carbonyl (C=O) groups excluding carboxylic acids is 1. The van der Waals surface area contributed by atoms with Gasteiger partial charge in [0.25, 0.3) is 0 Å². The molecule has 0 spiro atoms. The van der Waals surface area contributed by atoms with E-state index in [0.29, 0.717) is 19.5 Å². The molecule has 0 unspecified atom stereocenters. The van der Waals surface area contributed by atoms with Crippen LogP contribution < -0.4 is 5.32 Å². The lowest BCUT2D eigenvalue weighted by Crippen LogP contribution is -2.45. The molecule has 1 saturated heterocycles. The predicted octanol–water partition coefficient (Wildman–Crippen LogP) is 0.477. The lowest BCUT2D eigenvalue weighted by atomic mass is 10.2. The number of hydrogen-bond donors (Lipinski definition) is 3. The van der Waals surface area contributed by atoms with Crippen molar-refractivity contribution < 1.29 is 14.7 Å². The Hall–Kier alpha value is -2.05. The smallest absolute Gasteiger partial charge is 0.326 e. The van der Waals surface area contributed by atoms with E-state index in [9.17, 15) is 9.59 Å². The first-order valence-electron chi connectivity index (χ1n) is 5.85. The number of carboxylic acid groups (broad SMARTS) is 1. The normalized spacial score (nSPS) is 18.9. The number of rotatable bonds is 3. The second kappa shape index (κ2) is 5.07. The third-order valence-corrected chi connectivity index (χ3v) is 3.16. The van der Waals surface area contributed by atoms with Gasteiger partial charge in [0.05, 0.1) is 6.20 Å². The second-order valence-corrected chi connectivity index (χ2v) is 4.37. The summed E-state index contributed by atoms with van der Waals surface area (Å²) in [6.45, 7) is 2.71. The molecule has 0 saturated carbocycles. The standard InChI is InChI=1S/C11H16N4O3/c1-7-8(6-13-14-7)5-12-11(18)15-4-2-3-9(15)10(16)17/h6,9H,2-5H2,1H3,(H,12,18)(H,13,14)(H,16,17)/t9-/m1/s1. The summed E-state index contributed by atoms with van der Waals surface area (Å²) in [4.78, 5) is 24.2. The minimum Gasteiger partial charge on any atom is -0.480 e. The van der Waals surface area contributed by atoms with Crippen LogP contribution in [0.2, 0.25) is 0 Å². The van der Waals surface area contributed by atoms with E-state index in [2.05, 4.69) is 15.5 Å². The van der Waals surface area contributed by atoms with Crippen molar-refractivity contribution in [1.29, 1.82) is 0 Å². The molecule has 1 fully saturated rings. The molecule has 1 aromatic rings. The molecule has 2 amide bonds. The fourth-order valence-corrected chi connectivity index (χ4v) is 2.09. The summed E-state index contributed by atoms with van der Waals surface area (Å²) >= 11 is 0. The van der Waals surface area contributed by atoms with Crippen LogP contribution in [0.15, 0.2) is 6.20 Å². The summed E-state index contributed by atoms with van der Waals surface area (Å²) in [5.74, 6) is -0.942. The molecule has 0 aromatic carbocycles. The van der Waals surface area contributed by atoms with Gasteiger partial charge >= 0.3 is 12.0 Å². The SMILES string of the molecule is Cc1[nH]ncc1CNC(=O)N1CCC[C@@H]1C(=O)O. The molecule has 0 bridgehead atoms. The monoisotopic (exact) mass is 252 g/mol. The Kier molecular flexibility index (Phi) is 3.50. The van der Waals surface area contributed by atoms with E-state index in [1.807, 2.05) is 6.92 Å². The third-order valence-electron chi connectivity index (χ3n) is 3.16. The van der Waals surface area contributed by atoms with Crippen LogP contribution in [0.3, 0.4) is 0 Å². The van der Waals surface area contributed by atoms with E-state index in [1.54, 1.807) is 6.20 Å². The van der Waals surface area contributed by atoms with Gasteiger partial charge in [0.1, 0.15) is 6.04 Å². The zero-order chi connectivity index (χ0) is 13.1. The average molecular weight is 252 g/mol. The number of nitrogens with zero attached hydrogens (tertiary/aromatic N) is 2. The van der Waals surface area contributed by atoms with Gasteiger partial charge in [-0.15, -0.1) is 0 Å². The highest BCUT2D eigenvalue weighted by Crippen LogP contribution is 2.17. The van der Waals surface area contributed by atoms with E-state index in [0.717, 1.165) is 17.7 Å². The number of likely N-dealkylation sites (tertiary alicyclic amines) is 1. The zero-order valence-corrected chi connectivity index (χ0v) is 10.1. The summed E-state index contributed by atoms with van der Waals surface area (Å²) in [5.41, 5.74) is 1.79. The predicted molar refractivity (Wildman–Crippen MR) is 62.9 cm³/mol. The van der Waals surface area contributed by atoms with E-state index >= 15 is 0 Å². The number of aromatic nitrogens is 2. The number of urea groups is 1. The van der Waals surface area contributed by atoms with Crippen molar-refractivity contribution >= 4 is 12.0 Å². The Balaban J connectivity index is 1.92. The molecule has 18 heavy (non-hydrogen) atoms. The van der Waals surface area contributed by atoms with Crippen molar-refractivity contribution in [2.75, 3.05) is 6.54 Å². The summed E-state index contributed by atoms with van der Waals surface area (Å²) < 4.78 is 0. The molecule has 1 atom stereocenters. The van der Waals surface area contributed by atoms with Gasteiger partial charge in [0.15, 0.2) is 0 Å². The lowest BCUT2D eigenvalue weighted by Gasteiger charge is -2.21. The molecule has 1 aliphatic heterocycles. The van der Waals surface area contributed by atoms with Crippen LogP contribution in [-0.2, 0) is 11.3 Å². The van der Waals surface area contributed by atoms with Crippen molar-refractivity contribution in [1.82, 2.24) is 20.4 Å². The van der Waals surface area contributed by atoms with E-state index in [4.69, 9.17) is 5.11 Å². The quantitative estimate of drug-likeness (QED) is 0.728. The van der Waals surface area contributed by atoms with Crippen molar-refractivity contribution in [3.63, 3.8) is 0 Å². The fraction of sp³-hybridized carbons (Fsp3) is 0.545. The van der Waals surface area contributed by atoms with Crippen molar-refractivity contribution in [2.45, 2.75) is 32.4 Å². The Morgan fingerprint density at radius 3 is 3.06 bits per heavy atom. The van der Waals surface area contributed by atoms with Crippen LogP contribution in [0.25, 0.3) is 0 Å². The number of H-pyrrole nitrogens is 1. The molecule has 98 valence electrons. The van der Waals surface area contributed by atoms with Crippen LogP contribution in [0.1, 0.15) is 24.1 Å². The highest BCUT2D eigenvalue weighted by Gasteiger charge is 2.33. The zero-order valence-electron chi connectivity index (χ0n) is 10.1. The van der Waals surface area contributed by atoms with Crippen molar-refractivity contribution in [2.24, 2.45) is 0 Å². The van der Waals surface area contributed by atoms with Crippen LogP contribution >= 0.6 is 0 Å². The number of carbonyl (C=O) groups is 2. The van der Waals surface area contributed by atoms with E-state index in [1.165, 1.54) is 4.90 Å². The number of amides is 2. The first kappa shape index (κ1) is 12.4. The minimum absolute atomic E-state index is 0.333. The molecule has 2 heterocycles. The Bertz CT molecular complexity index is 457. The van der Waals surface area contributed by atoms with E-state index < -0.39 is 12.0 Å². The fourth-order valence-electron chi connectivity index (χ4n) is 2.09. The lowest BCUT2D eigenvalue weighted by molar-refractivity contribution is -0.141. The van der Waals surface area contributed by atoms with Gasteiger partial charge in [0, 0.05) is 24.3 Å². The molecule has 1 aromatic heterocycles. The minimum atomic E-state index is -0.942.